The number of nitrogens with one attached hydrogen (secondary N) is 1. The number of anilines is 1. The van der Waals surface area contributed by atoms with Gasteiger partial charge >= 0.3 is 0 Å². The third kappa shape index (κ3) is 3.44. The van der Waals surface area contributed by atoms with Crippen molar-refractivity contribution in [2.24, 2.45) is 0 Å². The van der Waals surface area contributed by atoms with E-state index in [1.54, 1.807) is 0 Å². The predicted octanol–water partition coefficient (Wildman–Crippen LogP) is 5.09. The van der Waals surface area contributed by atoms with Gasteiger partial charge in [-0.25, -0.2) is 0 Å². The van der Waals surface area contributed by atoms with Gasteiger partial charge in [-0.15, -0.1) is 10.2 Å². The van der Waals surface area contributed by atoms with Crippen LogP contribution in [-0.2, 0) is 11.3 Å². The molecule has 0 aliphatic rings. The van der Waals surface area contributed by atoms with E-state index < -0.39 is 0 Å². The molecule has 1 unspecified atom stereocenters. The van der Waals surface area contributed by atoms with Crippen molar-refractivity contribution in [3.63, 3.8) is 0 Å². The van der Waals surface area contributed by atoms with Crippen LogP contribution in [0.15, 0.2) is 46.8 Å². The van der Waals surface area contributed by atoms with E-state index in [0.717, 1.165) is 27.0 Å². The van der Waals surface area contributed by atoms with Crippen molar-refractivity contribution in [3.8, 4) is 0 Å². The molecule has 5 nitrogen and oxygen atoms in total. The zero-order valence-corrected chi connectivity index (χ0v) is 17.0. The Balaban J connectivity index is 1.60. The van der Waals surface area contributed by atoms with Crippen LogP contribution in [0.4, 0.5) is 5.69 Å². The van der Waals surface area contributed by atoms with Crippen LogP contribution < -0.4 is 5.32 Å². The standard InChI is InChI=1S/C20H20N4OS2/c1-4-24-17-8-6-5-7-15(17)16-11-14(9-10-18(16)24)21-19(25)12(2)26-20-23-22-13(3)27-20/h5-12H,4H2,1-3H3,(H,21,25). The number of aromatic nitrogens is 3. The number of rotatable bonds is 5. The van der Waals surface area contributed by atoms with E-state index >= 15 is 0 Å². The molecule has 0 radical (unpaired) electrons. The quantitative estimate of drug-likeness (QED) is 0.477. The first kappa shape index (κ1) is 18.0. The number of benzene rings is 2. The lowest BCUT2D eigenvalue weighted by Crippen LogP contribution is -2.22. The molecule has 2 aromatic heterocycles. The highest BCUT2D eigenvalue weighted by Gasteiger charge is 2.17. The average Bonchev–Trinajstić information content (AvgIpc) is 3.22. The van der Waals surface area contributed by atoms with Gasteiger partial charge in [0.25, 0.3) is 0 Å². The smallest absolute Gasteiger partial charge is 0.237 e. The van der Waals surface area contributed by atoms with Gasteiger partial charge in [-0.3, -0.25) is 4.79 Å². The summed E-state index contributed by atoms with van der Waals surface area (Å²) in [6.45, 7) is 6.85. The number of para-hydroxylation sites is 1. The van der Waals surface area contributed by atoms with Gasteiger partial charge in [0.05, 0.1) is 5.25 Å². The highest BCUT2D eigenvalue weighted by atomic mass is 32.2. The number of fused-ring (bicyclic) bond motifs is 3. The summed E-state index contributed by atoms with van der Waals surface area (Å²) in [4.78, 5) is 12.6. The Bertz CT molecular complexity index is 1130. The molecule has 138 valence electrons. The molecule has 4 aromatic rings. The Kier molecular flexibility index (Phi) is 4.88. The number of aryl methyl sites for hydroxylation is 2. The molecule has 1 N–H and O–H groups in total. The summed E-state index contributed by atoms with van der Waals surface area (Å²) >= 11 is 2.94. The molecule has 7 heteroatoms. The van der Waals surface area contributed by atoms with Crippen molar-refractivity contribution in [2.75, 3.05) is 5.32 Å². The fraction of sp³-hybridized carbons (Fsp3) is 0.250. The molecule has 1 atom stereocenters. The lowest BCUT2D eigenvalue weighted by molar-refractivity contribution is -0.115. The number of thioether (sulfide) groups is 1. The van der Waals surface area contributed by atoms with Gasteiger partial charge in [0.2, 0.25) is 5.91 Å². The third-order valence-corrected chi connectivity index (χ3v) is 6.53. The topological polar surface area (TPSA) is 59.8 Å². The first-order chi connectivity index (χ1) is 13.1. The Morgan fingerprint density at radius 3 is 2.70 bits per heavy atom. The maximum atomic E-state index is 12.6. The minimum atomic E-state index is -0.245. The third-order valence-electron chi connectivity index (χ3n) is 4.51. The van der Waals surface area contributed by atoms with Crippen LogP contribution in [0.3, 0.4) is 0 Å². The van der Waals surface area contributed by atoms with Crippen molar-refractivity contribution in [1.82, 2.24) is 14.8 Å². The van der Waals surface area contributed by atoms with Crippen LogP contribution in [0.2, 0.25) is 0 Å². The van der Waals surface area contributed by atoms with Gasteiger partial charge in [-0.2, -0.15) is 0 Å². The molecule has 0 saturated heterocycles. The second kappa shape index (κ2) is 7.32. The van der Waals surface area contributed by atoms with Gasteiger partial charge < -0.3 is 9.88 Å². The molecule has 0 saturated carbocycles. The van der Waals surface area contributed by atoms with E-state index in [1.165, 1.54) is 39.5 Å². The maximum absolute atomic E-state index is 12.6. The number of hydrogen-bond donors (Lipinski definition) is 1. The van der Waals surface area contributed by atoms with E-state index in [4.69, 9.17) is 0 Å². The monoisotopic (exact) mass is 396 g/mol. The lowest BCUT2D eigenvalue weighted by Gasteiger charge is -2.11. The molecule has 2 aromatic carbocycles. The fourth-order valence-corrected chi connectivity index (χ4v) is 5.21. The Hall–Kier alpha value is -2.38. The van der Waals surface area contributed by atoms with Crippen molar-refractivity contribution in [3.05, 3.63) is 47.5 Å². The summed E-state index contributed by atoms with van der Waals surface area (Å²) in [5.41, 5.74) is 3.21. The first-order valence-electron chi connectivity index (χ1n) is 8.85. The van der Waals surface area contributed by atoms with E-state index in [9.17, 15) is 4.79 Å². The molecule has 0 aliphatic heterocycles. The van der Waals surface area contributed by atoms with Crippen molar-refractivity contribution >= 4 is 56.5 Å². The van der Waals surface area contributed by atoms with Crippen molar-refractivity contribution in [1.29, 1.82) is 0 Å². The molecular formula is C20H20N4OS2. The van der Waals surface area contributed by atoms with Gasteiger partial charge in [-0.05, 0) is 45.0 Å². The molecule has 27 heavy (non-hydrogen) atoms. The lowest BCUT2D eigenvalue weighted by atomic mass is 10.1. The van der Waals surface area contributed by atoms with Crippen LogP contribution in [0.25, 0.3) is 21.8 Å². The number of amides is 1. The molecule has 2 heterocycles. The van der Waals surface area contributed by atoms with Crippen LogP contribution >= 0.6 is 23.1 Å². The van der Waals surface area contributed by atoms with Crippen LogP contribution in [0.5, 0.6) is 0 Å². The largest absolute Gasteiger partial charge is 0.341 e. The predicted molar refractivity (Wildman–Crippen MR) is 114 cm³/mol. The molecule has 1 amide bonds. The van der Waals surface area contributed by atoms with E-state index in [1.807, 2.05) is 19.9 Å². The van der Waals surface area contributed by atoms with Crippen LogP contribution in [0, 0.1) is 6.92 Å². The molecule has 0 bridgehead atoms. The zero-order valence-electron chi connectivity index (χ0n) is 15.4. The SMILES string of the molecule is CCn1c2ccccc2c2cc(NC(=O)C(C)Sc3nnc(C)s3)ccc21. The molecular weight excluding hydrogens is 376 g/mol. The number of carbonyl (C=O) groups is 1. The molecule has 0 aliphatic carbocycles. The van der Waals surface area contributed by atoms with Gasteiger partial charge in [0.1, 0.15) is 5.01 Å². The average molecular weight is 397 g/mol. The van der Waals surface area contributed by atoms with Crippen molar-refractivity contribution < 1.29 is 4.79 Å². The molecule has 0 fully saturated rings. The second-order valence-corrected chi connectivity index (χ2v) is 9.10. The number of hydrogen-bond acceptors (Lipinski definition) is 5. The first-order valence-corrected chi connectivity index (χ1v) is 10.5. The number of carbonyl (C=O) groups excluding carboxylic acids is 1. The minimum Gasteiger partial charge on any atom is -0.341 e. The summed E-state index contributed by atoms with van der Waals surface area (Å²) in [6.07, 6.45) is 0. The fourth-order valence-electron chi connectivity index (χ4n) is 3.25. The van der Waals surface area contributed by atoms with Crippen LogP contribution in [0.1, 0.15) is 18.9 Å². The highest BCUT2D eigenvalue weighted by molar-refractivity contribution is 8.02. The normalized spacial score (nSPS) is 12.6. The maximum Gasteiger partial charge on any atom is 0.237 e. The minimum absolute atomic E-state index is 0.0357. The molecule has 4 rings (SSSR count). The Labute approximate surface area is 165 Å². The summed E-state index contributed by atoms with van der Waals surface area (Å²) in [5, 5.41) is 14.1. The second-order valence-electron chi connectivity index (χ2n) is 6.33. The zero-order chi connectivity index (χ0) is 19.0. The van der Waals surface area contributed by atoms with E-state index in [0.29, 0.717) is 0 Å². The number of nitrogens with zero attached hydrogens (tertiary/aromatic N) is 3. The van der Waals surface area contributed by atoms with Gasteiger partial charge in [0, 0.05) is 34.0 Å². The molecule has 0 spiro atoms. The summed E-state index contributed by atoms with van der Waals surface area (Å²) in [5.74, 6) is -0.0357. The van der Waals surface area contributed by atoms with Crippen molar-refractivity contribution in [2.45, 2.75) is 36.9 Å². The van der Waals surface area contributed by atoms with Gasteiger partial charge in [-0.1, -0.05) is 41.3 Å². The van der Waals surface area contributed by atoms with Gasteiger partial charge in [0.15, 0.2) is 4.34 Å². The van der Waals surface area contributed by atoms with E-state index in [2.05, 4.69) is 63.4 Å². The Morgan fingerprint density at radius 2 is 1.96 bits per heavy atom. The summed E-state index contributed by atoms with van der Waals surface area (Å²) < 4.78 is 3.11. The summed E-state index contributed by atoms with van der Waals surface area (Å²) in [6, 6.07) is 14.5. The summed E-state index contributed by atoms with van der Waals surface area (Å²) in [7, 11) is 0. The van der Waals surface area contributed by atoms with E-state index in [-0.39, 0.29) is 11.2 Å². The Morgan fingerprint density at radius 1 is 1.19 bits per heavy atom. The highest BCUT2D eigenvalue weighted by Crippen LogP contribution is 2.32. The van der Waals surface area contributed by atoms with Crippen LogP contribution in [-0.4, -0.2) is 25.9 Å².